The fourth-order valence-electron chi connectivity index (χ4n) is 3.66. The second kappa shape index (κ2) is 9.02. The van der Waals surface area contributed by atoms with Crippen molar-refractivity contribution in [1.82, 2.24) is 24.6 Å². The number of hydrogen-bond donors (Lipinski definition) is 1. The first-order valence-corrected chi connectivity index (χ1v) is 11.0. The van der Waals surface area contributed by atoms with Gasteiger partial charge in [-0.05, 0) is 44.9 Å². The molecule has 4 rings (SSSR count). The second-order valence-corrected chi connectivity index (χ2v) is 8.28. The molecule has 0 bridgehead atoms. The number of pyridine rings is 1. The summed E-state index contributed by atoms with van der Waals surface area (Å²) in [5, 5.41) is 3.51. The van der Waals surface area contributed by atoms with Crippen LogP contribution in [0.2, 0.25) is 0 Å². The quantitative estimate of drug-likeness (QED) is 0.603. The van der Waals surface area contributed by atoms with Gasteiger partial charge >= 0.3 is 0 Å². The zero-order chi connectivity index (χ0) is 20.2. The van der Waals surface area contributed by atoms with E-state index in [1.807, 2.05) is 40.1 Å². The summed E-state index contributed by atoms with van der Waals surface area (Å²) in [6, 6.07) is 4.03. The van der Waals surface area contributed by atoms with Gasteiger partial charge in [-0.15, -0.1) is 11.3 Å². The Morgan fingerprint density at radius 1 is 1.31 bits per heavy atom. The Morgan fingerprint density at radius 3 is 2.90 bits per heavy atom. The molecule has 0 aliphatic carbocycles. The summed E-state index contributed by atoms with van der Waals surface area (Å²) in [6.45, 7) is 7.98. The molecular weight excluding hydrogens is 386 g/mol. The lowest BCUT2D eigenvalue weighted by atomic mass is 10.2. The molecule has 154 valence electrons. The molecule has 0 unspecified atom stereocenters. The summed E-state index contributed by atoms with van der Waals surface area (Å²) in [5.74, 6) is -0.00603. The van der Waals surface area contributed by atoms with Crippen molar-refractivity contribution in [1.29, 1.82) is 0 Å². The molecule has 7 nitrogen and oxygen atoms in total. The molecule has 1 aliphatic heterocycles. The van der Waals surface area contributed by atoms with E-state index < -0.39 is 0 Å². The molecule has 0 saturated carbocycles. The lowest BCUT2D eigenvalue weighted by Gasteiger charge is -2.26. The van der Waals surface area contributed by atoms with E-state index in [0.717, 1.165) is 42.0 Å². The first-order chi connectivity index (χ1) is 14.1. The molecule has 1 aliphatic rings. The smallest absolute Gasteiger partial charge is 0.274 e. The maximum absolute atomic E-state index is 13.1. The minimum atomic E-state index is -0.00603. The molecule has 3 aromatic rings. The minimum Gasteiger partial charge on any atom is -0.378 e. The number of nitrogens with one attached hydrogen (secondary N) is 1. The number of carbonyl (C=O) groups is 1. The van der Waals surface area contributed by atoms with Gasteiger partial charge in [-0.2, -0.15) is 0 Å². The molecule has 0 spiro atoms. The van der Waals surface area contributed by atoms with Crippen molar-refractivity contribution < 1.29 is 9.53 Å². The molecule has 1 amide bonds. The third-order valence-corrected chi connectivity index (χ3v) is 6.33. The molecule has 29 heavy (non-hydrogen) atoms. The van der Waals surface area contributed by atoms with E-state index in [0.29, 0.717) is 38.5 Å². The van der Waals surface area contributed by atoms with Crippen molar-refractivity contribution >= 4 is 22.9 Å². The number of thiazole rings is 1. The number of carbonyl (C=O) groups excluding carboxylic acids is 1. The topological polar surface area (TPSA) is 71.8 Å². The number of amides is 1. The maximum atomic E-state index is 13.1. The monoisotopic (exact) mass is 413 g/mol. The summed E-state index contributed by atoms with van der Waals surface area (Å²) >= 11 is 1.72. The van der Waals surface area contributed by atoms with Crippen LogP contribution in [0.5, 0.6) is 0 Å². The first kappa shape index (κ1) is 20.0. The van der Waals surface area contributed by atoms with E-state index in [4.69, 9.17) is 9.72 Å². The lowest BCUT2D eigenvalue weighted by molar-refractivity contribution is 0.0298. The van der Waals surface area contributed by atoms with Crippen LogP contribution in [-0.2, 0) is 17.7 Å². The van der Waals surface area contributed by atoms with Crippen LogP contribution in [0.3, 0.4) is 0 Å². The van der Waals surface area contributed by atoms with Gasteiger partial charge in [0, 0.05) is 30.7 Å². The van der Waals surface area contributed by atoms with Crippen LogP contribution in [-0.4, -0.2) is 58.0 Å². The number of ether oxygens (including phenoxy) is 1. The van der Waals surface area contributed by atoms with Crippen LogP contribution in [0.1, 0.15) is 38.7 Å². The number of morpholine rings is 1. The highest BCUT2D eigenvalue weighted by molar-refractivity contribution is 7.09. The number of hydrogen-bond acceptors (Lipinski definition) is 6. The number of fused-ring (bicyclic) bond motifs is 1. The number of aromatic nitrogens is 3. The average molecular weight is 414 g/mol. The van der Waals surface area contributed by atoms with E-state index in [2.05, 4.69) is 17.2 Å². The van der Waals surface area contributed by atoms with Crippen LogP contribution >= 0.6 is 11.3 Å². The molecule has 8 heteroatoms. The van der Waals surface area contributed by atoms with Gasteiger partial charge in [-0.1, -0.05) is 6.07 Å². The third-order valence-electron chi connectivity index (χ3n) is 5.34. The normalized spacial score (nSPS) is 14.6. The fourth-order valence-corrected chi connectivity index (χ4v) is 4.48. The summed E-state index contributed by atoms with van der Waals surface area (Å²) in [5.41, 5.74) is 6.42. The fraction of sp³-hybridized carbons (Fsp3) is 0.476. The highest BCUT2D eigenvalue weighted by Gasteiger charge is 2.25. The molecular formula is C21H27N5O2S. The van der Waals surface area contributed by atoms with E-state index in [1.54, 1.807) is 11.3 Å². The number of nitrogens with zero attached hydrogens (tertiary/aromatic N) is 4. The van der Waals surface area contributed by atoms with Gasteiger partial charge in [-0.25, -0.2) is 9.97 Å². The van der Waals surface area contributed by atoms with Gasteiger partial charge in [0.05, 0.1) is 30.1 Å². The highest BCUT2D eigenvalue weighted by atomic mass is 32.1. The standard InChI is InChI=1S/C21H27N5O2S/c1-15-5-4-8-26-17(13-22-7-3-6-18-16(2)23-14-29-18)19(24-20(15)26)21(27)25-9-11-28-12-10-25/h4-5,8,14,22H,3,6-7,9-13H2,1-2H3. The van der Waals surface area contributed by atoms with Crippen LogP contribution in [0.25, 0.3) is 5.65 Å². The molecule has 0 atom stereocenters. The predicted octanol–water partition coefficient (Wildman–Crippen LogP) is 2.60. The van der Waals surface area contributed by atoms with Gasteiger partial charge < -0.3 is 19.4 Å². The first-order valence-electron chi connectivity index (χ1n) is 10.1. The summed E-state index contributed by atoms with van der Waals surface area (Å²) in [4.78, 5) is 25.4. The molecule has 3 aromatic heterocycles. The Bertz CT molecular complexity index is 990. The Kier molecular flexibility index (Phi) is 6.22. The van der Waals surface area contributed by atoms with Crippen LogP contribution in [0, 0.1) is 13.8 Å². The van der Waals surface area contributed by atoms with Crippen LogP contribution < -0.4 is 5.32 Å². The summed E-state index contributed by atoms with van der Waals surface area (Å²) in [6.07, 6.45) is 4.05. The number of aryl methyl sites for hydroxylation is 3. The van der Waals surface area contributed by atoms with Crippen molar-refractivity contribution in [3.8, 4) is 0 Å². The van der Waals surface area contributed by atoms with Gasteiger partial charge in [0.25, 0.3) is 5.91 Å². The van der Waals surface area contributed by atoms with Crippen molar-refractivity contribution in [2.24, 2.45) is 0 Å². The lowest BCUT2D eigenvalue weighted by Crippen LogP contribution is -2.41. The van der Waals surface area contributed by atoms with Gasteiger partial charge in [-0.3, -0.25) is 4.79 Å². The van der Waals surface area contributed by atoms with E-state index >= 15 is 0 Å². The predicted molar refractivity (Wildman–Crippen MR) is 114 cm³/mol. The number of rotatable bonds is 7. The van der Waals surface area contributed by atoms with Crippen molar-refractivity contribution in [3.05, 3.63) is 51.4 Å². The Morgan fingerprint density at radius 2 is 2.14 bits per heavy atom. The van der Waals surface area contributed by atoms with Crippen molar-refractivity contribution in [2.75, 3.05) is 32.8 Å². The maximum Gasteiger partial charge on any atom is 0.274 e. The number of imidazole rings is 1. The largest absolute Gasteiger partial charge is 0.378 e. The van der Waals surface area contributed by atoms with Gasteiger partial charge in [0.1, 0.15) is 5.65 Å². The third kappa shape index (κ3) is 4.34. The Labute approximate surface area is 174 Å². The highest BCUT2D eigenvalue weighted by Crippen LogP contribution is 2.19. The van der Waals surface area contributed by atoms with E-state index in [9.17, 15) is 4.79 Å². The van der Waals surface area contributed by atoms with Crippen LogP contribution in [0.15, 0.2) is 23.8 Å². The SMILES string of the molecule is Cc1ncsc1CCCNCc1c(C(=O)N2CCOCC2)nc2c(C)cccn12. The average Bonchev–Trinajstić information content (AvgIpc) is 3.32. The second-order valence-electron chi connectivity index (χ2n) is 7.34. The van der Waals surface area contributed by atoms with E-state index in [1.165, 1.54) is 4.88 Å². The van der Waals surface area contributed by atoms with Crippen LogP contribution in [0.4, 0.5) is 0 Å². The molecule has 0 radical (unpaired) electrons. The summed E-state index contributed by atoms with van der Waals surface area (Å²) in [7, 11) is 0. The Balaban J connectivity index is 1.48. The summed E-state index contributed by atoms with van der Waals surface area (Å²) < 4.78 is 7.43. The zero-order valence-electron chi connectivity index (χ0n) is 17.0. The molecule has 4 heterocycles. The van der Waals surface area contributed by atoms with Gasteiger partial charge in [0.15, 0.2) is 5.69 Å². The van der Waals surface area contributed by atoms with Gasteiger partial charge in [0.2, 0.25) is 0 Å². The molecule has 1 saturated heterocycles. The Hall–Kier alpha value is -2.29. The molecule has 1 fully saturated rings. The molecule has 0 aromatic carbocycles. The molecule has 1 N–H and O–H groups in total. The zero-order valence-corrected chi connectivity index (χ0v) is 17.8. The van der Waals surface area contributed by atoms with E-state index in [-0.39, 0.29) is 5.91 Å². The minimum absolute atomic E-state index is 0.00603. The van der Waals surface area contributed by atoms with Crippen molar-refractivity contribution in [2.45, 2.75) is 33.2 Å². The van der Waals surface area contributed by atoms with Crippen molar-refractivity contribution in [3.63, 3.8) is 0 Å².